The van der Waals surface area contributed by atoms with Crippen LogP contribution in [-0.2, 0) is 9.53 Å². The Morgan fingerprint density at radius 3 is 2.70 bits per heavy atom. The number of hydrogen-bond donors (Lipinski definition) is 1. The zero-order valence-electron chi connectivity index (χ0n) is 6.04. The molecule has 0 spiro atoms. The molecule has 3 nitrogen and oxygen atoms in total. The summed E-state index contributed by atoms with van der Waals surface area (Å²) in [6.07, 6.45) is 1.09. The molecule has 58 valence electrons. The van der Waals surface area contributed by atoms with E-state index in [1.807, 2.05) is 0 Å². The van der Waals surface area contributed by atoms with Crippen LogP contribution in [0.5, 0.6) is 0 Å². The van der Waals surface area contributed by atoms with Crippen molar-refractivity contribution in [1.29, 1.82) is 0 Å². The second-order valence-electron chi connectivity index (χ2n) is 2.84. The normalized spacial score (nSPS) is 33.7. The standard InChI is InChI=1S/C7H12O3/c1-5-2-3-6(7(8)9)10-4-5/h5-6H,2-4H2,1H3,(H,8,9)/t5-,6+/m1/s1. The molecule has 1 aliphatic heterocycles. The van der Waals surface area contributed by atoms with Crippen LogP contribution >= 0.6 is 0 Å². The van der Waals surface area contributed by atoms with Crippen molar-refractivity contribution in [1.82, 2.24) is 0 Å². The van der Waals surface area contributed by atoms with E-state index in [2.05, 4.69) is 6.92 Å². The van der Waals surface area contributed by atoms with Crippen molar-refractivity contribution in [3.63, 3.8) is 0 Å². The summed E-state index contributed by atoms with van der Waals surface area (Å²) in [6.45, 7) is 2.66. The van der Waals surface area contributed by atoms with Crippen LogP contribution in [0.25, 0.3) is 0 Å². The summed E-state index contributed by atoms with van der Waals surface area (Å²) in [7, 11) is 0. The minimum atomic E-state index is -0.827. The van der Waals surface area contributed by atoms with Crippen LogP contribution in [0, 0.1) is 5.92 Å². The van der Waals surface area contributed by atoms with Crippen molar-refractivity contribution >= 4 is 5.97 Å². The van der Waals surface area contributed by atoms with E-state index in [0.717, 1.165) is 6.42 Å². The Hall–Kier alpha value is -0.570. The Bertz CT molecular complexity index is 125. The van der Waals surface area contributed by atoms with Crippen molar-refractivity contribution in [3.05, 3.63) is 0 Å². The van der Waals surface area contributed by atoms with Gasteiger partial charge in [-0.2, -0.15) is 0 Å². The Kier molecular flexibility index (Phi) is 2.27. The van der Waals surface area contributed by atoms with Crippen LogP contribution in [0.1, 0.15) is 19.8 Å². The van der Waals surface area contributed by atoms with Gasteiger partial charge in [0.25, 0.3) is 0 Å². The Balaban J connectivity index is 2.33. The van der Waals surface area contributed by atoms with Gasteiger partial charge >= 0.3 is 5.97 Å². The van der Waals surface area contributed by atoms with Crippen molar-refractivity contribution < 1.29 is 14.6 Å². The molecule has 2 atom stereocenters. The minimum absolute atomic E-state index is 0.524. The fourth-order valence-electron chi connectivity index (χ4n) is 1.08. The third-order valence-electron chi connectivity index (χ3n) is 1.78. The fourth-order valence-corrected chi connectivity index (χ4v) is 1.08. The molecule has 0 amide bonds. The van der Waals surface area contributed by atoms with Crippen LogP contribution in [0.2, 0.25) is 0 Å². The lowest BCUT2D eigenvalue weighted by Crippen LogP contribution is -2.30. The molecule has 1 heterocycles. The highest BCUT2D eigenvalue weighted by Crippen LogP contribution is 2.17. The minimum Gasteiger partial charge on any atom is -0.479 e. The van der Waals surface area contributed by atoms with Crippen molar-refractivity contribution in [3.8, 4) is 0 Å². The van der Waals surface area contributed by atoms with Gasteiger partial charge in [-0.25, -0.2) is 4.79 Å². The smallest absolute Gasteiger partial charge is 0.332 e. The molecular formula is C7H12O3. The van der Waals surface area contributed by atoms with Gasteiger partial charge in [0, 0.05) is 0 Å². The van der Waals surface area contributed by atoms with Gasteiger partial charge in [-0.3, -0.25) is 0 Å². The lowest BCUT2D eigenvalue weighted by molar-refractivity contribution is -0.154. The zero-order valence-corrected chi connectivity index (χ0v) is 6.04. The summed E-state index contributed by atoms with van der Waals surface area (Å²) < 4.78 is 5.05. The molecule has 0 unspecified atom stereocenters. The van der Waals surface area contributed by atoms with Crippen LogP contribution < -0.4 is 0 Å². The van der Waals surface area contributed by atoms with Crippen molar-refractivity contribution in [2.45, 2.75) is 25.9 Å². The van der Waals surface area contributed by atoms with E-state index in [1.165, 1.54) is 0 Å². The molecule has 0 aromatic heterocycles. The first-order valence-electron chi connectivity index (χ1n) is 3.54. The average Bonchev–Trinajstić information content (AvgIpc) is 1.88. The highest BCUT2D eigenvalue weighted by atomic mass is 16.5. The van der Waals surface area contributed by atoms with E-state index in [0.29, 0.717) is 18.9 Å². The molecule has 1 rings (SSSR count). The van der Waals surface area contributed by atoms with Gasteiger partial charge in [-0.1, -0.05) is 6.92 Å². The second kappa shape index (κ2) is 3.01. The van der Waals surface area contributed by atoms with Crippen molar-refractivity contribution in [2.24, 2.45) is 5.92 Å². The largest absolute Gasteiger partial charge is 0.479 e. The Morgan fingerprint density at radius 1 is 1.60 bits per heavy atom. The Morgan fingerprint density at radius 2 is 2.30 bits per heavy atom. The number of aliphatic carboxylic acids is 1. The molecule has 3 heteroatoms. The van der Waals surface area contributed by atoms with E-state index in [1.54, 1.807) is 0 Å². The molecule has 0 aromatic rings. The lowest BCUT2D eigenvalue weighted by Gasteiger charge is -2.23. The summed E-state index contributed by atoms with van der Waals surface area (Å²) in [5.41, 5.74) is 0. The third kappa shape index (κ3) is 1.70. The van der Waals surface area contributed by atoms with Crippen LogP contribution in [0.4, 0.5) is 0 Å². The molecule has 0 aliphatic carbocycles. The number of ether oxygens (including phenoxy) is 1. The number of carbonyl (C=O) groups is 1. The zero-order chi connectivity index (χ0) is 7.56. The molecule has 1 N–H and O–H groups in total. The predicted octanol–water partition coefficient (Wildman–Crippen LogP) is 0.886. The van der Waals surface area contributed by atoms with E-state index in [9.17, 15) is 4.79 Å². The monoisotopic (exact) mass is 144 g/mol. The van der Waals surface area contributed by atoms with Crippen LogP contribution in [-0.4, -0.2) is 23.8 Å². The number of rotatable bonds is 1. The molecule has 1 saturated heterocycles. The summed E-state index contributed by atoms with van der Waals surface area (Å²) in [5, 5.41) is 8.50. The van der Waals surface area contributed by atoms with Gasteiger partial charge in [-0.05, 0) is 18.8 Å². The van der Waals surface area contributed by atoms with E-state index >= 15 is 0 Å². The summed E-state index contributed by atoms with van der Waals surface area (Å²) >= 11 is 0. The maximum Gasteiger partial charge on any atom is 0.332 e. The summed E-state index contributed by atoms with van der Waals surface area (Å²) in [4.78, 5) is 10.3. The highest BCUT2D eigenvalue weighted by Gasteiger charge is 2.23. The van der Waals surface area contributed by atoms with Crippen LogP contribution in [0.3, 0.4) is 0 Å². The molecule has 0 saturated carbocycles. The van der Waals surface area contributed by atoms with Gasteiger partial charge in [0.1, 0.15) is 0 Å². The third-order valence-corrected chi connectivity index (χ3v) is 1.78. The second-order valence-corrected chi connectivity index (χ2v) is 2.84. The van der Waals surface area contributed by atoms with Gasteiger partial charge in [0.05, 0.1) is 6.61 Å². The fraction of sp³-hybridized carbons (Fsp3) is 0.857. The van der Waals surface area contributed by atoms with Crippen LogP contribution in [0.15, 0.2) is 0 Å². The average molecular weight is 144 g/mol. The number of hydrogen-bond acceptors (Lipinski definition) is 2. The topological polar surface area (TPSA) is 46.5 Å². The molecule has 10 heavy (non-hydrogen) atoms. The highest BCUT2D eigenvalue weighted by molar-refractivity contribution is 5.72. The quantitative estimate of drug-likeness (QED) is 0.594. The first kappa shape index (κ1) is 7.54. The predicted molar refractivity (Wildman–Crippen MR) is 35.8 cm³/mol. The van der Waals surface area contributed by atoms with Gasteiger partial charge < -0.3 is 9.84 Å². The first-order valence-corrected chi connectivity index (χ1v) is 3.54. The number of carboxylic acid groups (broad SMARTS) is 1. The molecule has 0 radical (unpaired) electrons. The van der Waals surface area contributed by atoms with E-state index in [4.69, 9.17) is 9.84 Å². The number of carboxylic acids is 1. The molecule has 0 aromatic carbocycles. The molecule has 0 bridgehead atoms. The van der Waals surface area contributed by atoms with Gasteiger partial charge in [0.2, 0.25) is 0 Å². The van der Waals surface area contributed by atoms with Gasteiger partial charge in [0.15, 0.2) is 6.10 Å². The summed E-state index contributed by atoms with van der Waals surface area (Å²) in [6, 6.07) is 0. The first-order chi connectivity index (χ1) is 4.70. The molecule has 1 aliphatic rings. The van der Waals surface area contributed by atoms with Crippen molar-refractivity contribution in [2.75, 3.05) is 6.61 Å². The van der Waals surface area contributed by atoms with E-state index < -0.39 is 12.1 Å². The Labute approximate surface area is 60.0 Å². The maximum atomic E-state index is 10.3. The van der Waals surface area contributed by atoms with E-state index in [-0.39, 0.29) is 0 Å². The maximum absolute atomic E-state index is 10.3. The molecule has 1 fully saturated rings. The molecular weight excluding hydrogens is 132 g/mol. The summed E-state index contributed by atoms with van der Waals surface area (Å²) in [5.74, 6) is -0.303. The SMILES string of the molecule is C[C@@H]1CC[C@@H](C(=O)O)OC1. The van der Waals surface area contributed by atoms with Gasteiger partial charge in [-0.15, -0.1) is 0 Å². The lowest BCUT2D eigenvalue weighted by atomic mass is 10.0.